The van der Waals surface area contributed by atoms with E-state index < -0.39 is 0 Å². The first kappa shape index (κ1) is 8.86. The van der Waals surface area contributed by atoms with Gasteiger partial charge in [-0.2, -0.15) is 5.10 Å². The van der Waals surface area contributed by atoms with Crippen molar-refractivity contribution in [3.8, 4) is 0 Å². The molecule has 0 fully saturated rings. The third kappa shape index (κ3) is 1.19. The smallest absolute Gasteiger partial charge is 0.265 e. The van der Waals surface area contributed by atoms with Crippen molar-refractivity contribution in [2.75, 3.05) is 0 Å². The molecule has 0 bridgehead atoms. The molecule has 2 aromatic heterocycles. The summed E-state index contributed by atoms with van der Waals surface area (Å²) in [5, 5.41) is 13.9. The Balaban J connectivity index is 2.77. The molecule has 6 nitrogen and oxygen atoms in total. The summed E-state index contributed by atoms with van der Waals surface area (Å²) in [6, 6.07) is 0. The topological polar surface area (TPSA) is 76.5 Å². The van der Waals surface area contributed by atoms with Crippen LogP contribution in [-0.4, -0.2) is 25.2 Å². The Bertz CT molecular complexity index is 512. The zero-order chi connectivity index (χ0) is 10.1. The van der Waals surface area contributed by atoms with Gasteiger partial charge in [-0.3, -0.25) is 9.48 Å². The van der Waals surface area contributed by atoms with E-state index in [1.165, 1.54) is 0 Å². The van der Waals surface area contributed by atoms with Gasteiger partial charge in [0.1, 0.15) is 5.52 Å². The van der Waals surface area contributed by atoms with Gasteiger partial charge in [-0.15, -0.1) is 5.10 Å². The number of aromatic amines is 1. The minimum absolute atomic E-state index is 0.243. The molecule has 6 heteroatoms. The van der Waals surface area contributed by atoms with Gasteiger partial charge in [0.25, 0.3) is 5.56 Å². The summed E-state index contributed by atoms with van der Waals surface area (Å²) in [7, 11) is 1.73. The van der Waals surface area contributed by atoms with E-state index in [0.717, 1.165) is 18.5 Å². The molecule has 0 saturated heterocycles. The highest BCUT2D eigenvalue weighted by atomic mass is 16.1. The van der Waals surface area contributed by atoms with Crippen LogP contribution in [-0.2, 0) is 13.5 Å². The zero-order valence-electron chi connectivity index (χ0n) is 8.11. The van der Waals surface area contributed by atoms with E-state index >= 15 is 0 Å². The molecule has 0 aliphatic carbocycles. The lowest BCUT2D eigenvalue weighted by Gasteiger charge is -1.89. The Morgan fingerprint density at radius 1 is 1.50 bits per heavy atom. The SMILES string of the molecule is CCCc1nn(C)c2c(=O)[nH]nnc12. The normalized spacial score (nSPS) is 11.0. The van der Waals surface area contributed by atoms with E-state index in [9.17, 15) is 4.79 Å². The Morgan fingerprint density at radius 2 is 2.29 bits per heavy atom. The molecule has 2 rings (SSSR count). The van der Waals surface area contributed by atoms with Gasteiger partial charge in [0, 0.05) is 7.05 Å². The lowest BCUT2D eigenvalue weighted by Crippen LogP contribution is -2.12. The van der Waals surface area contributed by atoms with Crippen molar-refractivity contribution in [3.63, 3.8) is 0 Å². The summed E-state index contributed by atoms with van der Waals surface area (Å²) in [4.78, 5) is 11.4. The van der Waals surface area contributed by atoms with Crippen LogP contribution in [0.2, 0.25) is 0 Å². The highest BCUT2D eigenvalue weighted by molar-refractivity contribution is 5.75. The van der Waals surface area contributed by atoms with Gasteiger partial charge < -0.3 is 0 Å². The second-order valence-electron chi connectivity index (χ2n) is 3.16. The second kappa shape index (κ2) is 3.21. The van der Waals surface area contributed by atoms with Crippen LogP contribution in [0.25, 0.3) is 11.0 Å². The number of aryl methyl sites for hydroxylation is 2. The number of nitrogens with one attached hydrogen (secondary N) is 1. The van der Waals surface area contributed by atoms with Gasteiger partial charge in [-0.1, -0.05) is 18.6 Å². The van der Waals surface area contributed by atoms with Gasteiger partial charge in [-0.05, 0) is 6.42 Å². The number of aromatic nitrogens is 5. The summed E-state index contributed by atoms with van der Waals surface area (Å²) < 4.78 is 1.55. The molecule has 2 aromatic rings. The molecular formula is C8H11N5O. The third-order valence-electron chi connectivity index (χ3n) is 2.10. The van der Waals surface area contributed by atoms with Crippen LogP contribution in [0, 0.1) is 0 Å². The average Bonchev–Trinajstić information content (AvgIpc) is 2.46. The summed E-state index contributed by atoms with van der Waals surface area (Å²) in [6.07, 6.45) is 1.79. The fraction of sp³-hybridized carbons (Fsp3) is 0.500. The number of rotatable bonds is 2. The number of fused-ring (bicyclic) bond motifs is 1. The average molecular weight is 193 g/mol. The second-order valence-corrected chi connectivity index (χ2v) is 3.16. The molecule has 14 heavy (non-hydrogen) atoms. The molecule has 0 spiro atoms. The summed E-state index contributed by atoms with van der Waals surface area (Å²) in [5.74, 6) is 0. The van der Waals surface area contributed by atoms with E-state index in [0.29, 0.717) is 11.0 Å². The molecule has 0 aliphatic rings. The van der Waals surface area contributed by atoms with Crippen molar-refractivity contribution in [1.29, 1.82) is 0 Å². The minimum atomic E-state index is -0.243. The van der Waals surface area contributed by atoms with Gasteiger partial charge in [-0.25, -0.2) is 5.10 Å². The molecule has 0 radical (unpaired) electrons. The van der Waals surface area contributed by atoms with E-state index in [1.807, 2.05) is 0 Å². The standard InChI is InChI=1S/C8H11N5O/c1-3-4-5-6-7(13(2)11-5)8(14)10-12-9-6/h3-4H2,1-2H3,(H,9,10,14). The molecule has 2 heterocycles. The highest BCUT2D eigenvalue weighted by Gasteiger charge is 2.12. The van der Waals surface area contributed by atoms with Crippen LogP contribution in [0.4, 0.5) is 0 Å². The number of hydrogen-bond donors (Lipinski definition) is 1. The Labute approximate surface area is 79.9 Å². The predicted molar refractivity (Wildman–Crippen MR) is 50.9 cm³/mol. The largest absolute Gasteiger partial charge is 0.293 e. The maximum Gasteiger partial charge on any atom is 0.293 e. The Kier molecular flexibility index (Phi) is 2.03. The molecular weight excluding hydrogens is 182 g/mol. The summed E-state index contributed by atoms with van der Waals surface area (Å²) in [6.45, 7) is 2.06. The van der Waals surface area contributed by atoms with Crippen LogP contribution in [0.15, 0.2) is 4.79 Å². The van der Waals surface area contributed by atoms with Crippen molar-refractivity contribution < 1.29 is 0 Å². The fourth-order valence-corrected chi connectivity index (χ4v) is 1.51. The molecule has 0 unspecified atom stereocenters. The minimum Gasteiger partial charge on any atom is -0.265 e. The lowest BCUT2D eigenvalue weighted by molar-refractivity contribution is 0.749. The quantitative estimate of drug-likeness (QED) is 0.728. The van der Waals surface area contributed by atoms with Crippen molar-refractivity contribution in [3.05, 3.63) is 16.0 Å². The van der Waals surface area contributed by atoms with Gasteiger partial charge >= 0.3 is 0 Å². The summed E-state index contributed by atoms with van der Waals surface area (Å²) >= 11 is 0. The molecule has 1 N–H and O–H groups in total. The van der Waals surface area contributed by atoms with Crippen molar-refractivity contribution in [2.24, 2.45) is 7.05 Å². The number of H-pyrrole nitrogens is 1. The van der Waals surface area contributed by atoms with Gasteiger partial charge in [0.05, 0.1) is 5.69 Å². The first-order chi connectivity index (χ1) is 6.74. The molecule has 0 aliphatic heterocycles. The first-order valence-corrected chi connectivity index (χ1v) is 4.51. The maximum atomic E-state index is 11.4. The van der Waals surface area contributed by atoms with Crippen molar-refractivity contribution in [2.45, 2.75) is 19.8 Å². The van der Waals surface area contributed by atoms with Gasteiger partial charge in [0.15, 0.2) is 5.52 Å². The highest BCUT2D eigenvalue weighted by Crippen LogP contribution is 2.11. The maximum absolute atomic E-state index is 11.4. The van der Waals surface area contributed by atoms with Crippen LogP contribution in [0.5, 0.6) is 0 Å². The monoisotopic (exact) mass is 193 g/mol. The fourth-order valence-electron chi connectivity index (χ4n) is 1.51. The zero-order valence-corrected chi connectivity index (χ0v) is 8.11. The molecule has 0 aromatic carbocycles. The number of nitrogens with zero attached hydrogens (tertiary/aromatic N) is 4. The lowest BCUT2D eigenvalue weighted by atomic mass is 10.2. The van der Waals surface area contributed by atoms with Crippen LogP contribution in [0.1, 0.15) is 19.0 Å². The molecule has 0 saturated carbocycles. The molecule has 0 atom stereocenters. The van der Waals surface area contributed by atoms with E-state index in [4.69, 9.17) is 0 Å². The van der Waals surface area contributed by atoms with E-state index in [1.54, 1.807) is 11.7 Å². The van der Waals surface area contributed by atoms with Gasteiger partial charge in [0.2, 0.25) is 0 Å². The Hall–Kier alpha value is -1.72. The number of hydrogen-bond acceptors (Lipinski definition) is 4. The van der Waals surface area contributed by atoms with Crippen molar-refractivity contribution >= 4 is 11.0 Å². The van der Waals surface area contributed by atoms with Crippen LogP contribution in [0.3, 0.4) is 0 Å². The first-order valence-electron chi connectivity index (χ1n) is 4.51. The van der Waals surface area contributed by atoms with Crippen LogP contribution >= 0.6 is 0 Å². The van der Waals surface area contributed by atoms with E-state index in [-0.39, 0.29) is 5.56 Å². The van der Waals surface area contributed by atoms with E-state index in [2.05, 4.69) is 27.4 Å². The predicted octanol–water partition coefficient (Wildman–Crippen LogP) is 0.00410. The van der Waals surface area contributed by atoms with Crippen molar-refractivity contribution in [1.82, 2.24) is 25.2 Å². The van der Waals surface area contributed by atoms with Crippen LogP contribution < -0.4 is 5.56 Å². The molecule has 0 amide bonds. The summed E-state index contributed by atoms with van der Waals surface area (Å²) in [5.41, 5.74) is 1.69. The Morgan fingerprint density at radius 3 is 3.00 bits per heavy atom. The molecule has 74 valence electrons. The third-order valence-corrected chi connectivity index (χ3v) is 2.10.